The molecule has 88 heavy (non-hydrogen) atoms. The third-order valence-electron chi connectivity index (χ3n) is 14.7. The number of primary amides is 3. The van der Waals surface area contributed by atoms with Gasteiger partial charge < -0.3 is 53.4 Å². The first-order chi connectivity index (χ1) is 42.2. The minimum absolute atomic E-state index is 0.0817. The molecule has 3 aliphatic rings. The van der Waals surface area contributed by atoms with Gasteiger partial charge in [-0.15, -0.1) is 34.0 Å². The Morgan fingerprint density at radius 1 is 0.477 bits per heavy atom. The van der Waals surface area contributed by atoms with Crippen LogP contribution in [0.25, 0.3) is 30.6 Å². The Balaban J connectivity index is 0.000000146. The van der Waals surface area contributed by atoms with Gasteiger partial charge in [-0.25, -0.2) is 4.79 Å². The Bertz CT molecular complexity index is 3790. The smallest absolute Gasteiger partial charge is 0.394 e. The summed E-state index contributed by atoms with van der Waals surface area (Å²) in [7, 11) is 0. The van der Waals surface area contributed by atoms with Crippen molar-refractivity contribution in [2.45, 2.75) is 77.4 Å². The fraction of sp³-hybridized carbons (Fsp3) is 0.316. The lowest BCUT2D eigenvalue weighted by Crippen LogP contribution is -2.46. The summed E-state index contributed by atoms with van der Waals surface area (Å²) in [6.45, 7) is 8.59. The zero-order valence-corrected chi connectivity index (χ0v) is 50.1. The fourth-order valence-electron chi connectivity index (χ4n) is 10.1. The number of carboxylic acids is 1. The molecule has 0 spiro atoms. The van der Waals surface area contributed by atoms with Crippen LogP contribution in [-0.2, 0) is 28.8 Å². The highest BCUT2D eigenvalue weighted by Gasteiger charge is 2.37. The number of aromatic amines is 3. The number of rotatable bonds is 9. The number of pyridine rings is 3. The van der Waals surface area contributed by atoms with Gasteiger partial charge in [0.15, 0.2) is 0 Å². The highest BCUT2D eigenvalue weighted by molar-refractivity contribution is 7.19. The number of carbonyl (C=O) groups excluding carboxylic acids is 8. The number of piperidine rings is 3. The van der Waals surface area contributed by atoms with Crippen molar-refractivity contribution >= 4 is 135 Å². The summed E-state index contributed by atoms with van der Waals surface area (Å²) in [5.41, 5.74) is 19.5. The second-order valence-corrected chi connectivity index (χ2v) is 24.8. The van der Waals surface area contributed by atoms with Gasteiger partial charge in [0.2, 0.25) is 17.7 Å². The van der Waals surface area contributed by atoms with Crippen LogP contribution in [-0.4, -0.2) is 133 Å². The maximum Gasteiger partial charge on any atom is 0.394 e. The molecule has 0 bridgehead atoms. The van der Waals surface area contributed by atoms with Crippen molar-refractivity contribution in [1.29, 1.82) is 0 Å². The maximum atomic E-state index is 13.0. The monoisotopic (exact) mass is 1250 g/mol. The summed E-state index contributed by atoms with van der Waals surface area (Å²) >= 11 is 5.00. The second kappa shape index (κ2) is 28.1. The van der Waals surface area contributed by atoms with Crippen molar-refractivity contribution in [3.63, 3.8) is 0 Å². The van der Waals surface area contributed by atoms with E-state index < -0.39 is 53.2 Å². The van der Waals surface area contributed by atoms with Crippen LogP contribution in [0, 0.1) is 17.8 Å². The van der Waals surface area contributed by atoms with Gasteiger partial charge in [-0.3, -0.25) is 68.6 Å². The maximum absolute atomic E-state index is 13.0. The molecule has 31 heteroatoms. The van der Waals surface area contributed by atoms with Crippen molar-refractivity contribution in [2.24, 2.45) is 35.0 Å². The number of hydrogen-bond donors (Lipinski definition) is 11. The molecule has 0 aromatic carbocycles. The van der Waals surface area contributed by atoms with E-state index in [1.165, 1.54) is 83.3 Å². The van der Waals surface area contributed by atoms with Crippen molar-refractivity contribution in [2.75, 3.05) is 35.6 Å². The van der Waals surface area contributed by atoms with Crippen molar-refractivity contribution in [3.8, 4) is 0 Å². The molecule has 12 heterocycles. The molecule has 8 amide bonds. The Kier molecular flexibility index (Phi) is 20.0. The SMILES string of the molecule is C[C@@H]1CC[C@@H](c2cc3[nH]ncc3s2)N(C(=O)C(=O)Nc2cncc(C(N)=O)c2)C1.C[C@H]1CC[C@H](c2cc3[nH]ncc3s2)N(C(=O)C(=O)Nc2cncc(C(N)=O)c2)C1.C[C@H]1CC[C@H](c2cc3[nH]ncc3s2)NC1.NC(=O)c1cncc(NC(=O)C(=O)O)c1. The van der Waals surface area contributed by atoms with Gasteiger partial charge in [0.25, 0.3) is 0 Å². The second-order valence-electron chi connectivity index (χ2n) is 21.5. The van der Waals surface area contributed by atoms with Crippen LogP contribution in [0.4, 0.5) is 17.1 Å². The summed E-state index contributed by atoms with van der Waals surface area (Å²) in [6, 6.07) is 10.5. The summed E-state index contributed by atoms with van der Waals surface area (Å²) in [5, 5.41) is 39.9. The molecule has 9 aromatic rings. The molecule has 12 rings (SSSR count). The third-order valence-corrected chi connectivity index (χ3v) is 18.2. The molecule has 0 aliphatic carbocycles. The predicted molar refractivity (Wildman–Crippen MR) is 329 cm³/mol. The molecule has 458 valence electrons. The van der Waals surface area contributed by atoms with Gasteiger partial charge in [-0.2, -0.15) is 15.3 Å². The van der Waals surface area contributed by atoms with E-state index in [-0.39, 0.29) is 45.8 Å². The van der Waals surface area contributed by atoms with Crippen LogP contribution in [0.15, 0.2) is 92.2 Å². The first-order valence-electron chi connectivity index (χ1n) is 27.7. The van der Waals surface area contributed by atoms with Crippen molar-refractivity contribution in [1.82, 2.24) is 60.7 Å². The summed E-state index contributed by atoms with van der Waals surface area (Å²) in [5.74, 6) is -6.20. The number of anilines is 3. The van der Waals surface area contributed by atoms with Gasteiger partial charge in [-0.05, 0) is 99.2 Å². The molecule has 14 N–H and O–H groups in total. The van der Waals surface area contributed by atoms with E-state index in [4.69, 9.17) is 22.3 Å². The molecule has 6 atom stereocenters. The van der Waals surface area contributed by atoms with Gasteiger partial charge in [0.05, 0.1) is 114 Å². The Labute approximate surface area is 512 Å². The average Bonchev–Trinajstić information content (AvgIpc) is 2.20. The number of thiophene rings is 3. The lowest BCUT2D eigenvalue weighted by atomic mass is 9.93. The number of carboxylic acid groups (broad SMARTS) is 1. The largest absolute Gasteiger partial charge is 0.474 e. The summed E-state index contributed by atoms with van der Waals surface area (Å²) < 4.78 is 3.31. The molecule has 0 radical (unpaired) electrons. The molecular formula is C57H62N18O10S3. The minimum Gasteiger partial charge on any atom is -0.474 e. The quantitative estimate of drug-likeness (QED) is 0.0738. The third kappa shape index (κ3) is 15.6. The van der Waals surface area contributed by atoms with Crippen LogP contribution >= 0.6 is 34.0 Å². The van der Waals surface area contributed by atoms with E-state index in [0.29, 0.717) is 31.0 Å². The molecule has 0 saturated carbocycles. The average molecular weight is 1260 g/mol. The number of H-pyrrole nitrogens is 3. The normalized spacial score (nSPS) is 18.9. The molecule has 3 aliphatic heterocycles. The number of amides is 8. The number of aliphatic carboxylic acids is 1. The van der Waals surface area contributed by atoms with Crippen LogP contribution < -0.4 is 38.5 Å². The van der Waals surface area contributed by atoms with E-state index >= 15 is 0 Å². The van der Waals surface area contributed by atoms with Gasteiger partial charge in [0, 0.05) is 52.4 Å². The highest BCUT2D eigenvalue weighted by atomic mass is 32.1. The van der Waals surface area contributed by atoms with E-state index in [0.717, 1.165) is 68.3 Å². The Morgan fingerprint density at radius 3 is 1.19 bits per heavy atom. The van der Waals surface area contributed by atoms with E-state index in [2.05, 4.69) is 88.3 Å². The summed E-state index contributed by atoms with van der Waals surface area (Å²) in [6.07, 6.45) is 19.3. The number of carbonyl (C=O) groups is 9. The van der Waals surface area contributed by atoms with Crippen LogP contribution in [0.5, 0.6) is 0 Å². The number of aromatic nitrogens is 9. The molecule has 0 unspecified atom stereocenters. The number of nitrogens with two attached hydrogens (primary N) is 3. The number of likely N-dealkylation sites (tertiary alicyclic amines) is 2. The van der Waals surface area contributed by atoms with Gasteiger partial charge >= 0.3 is 35.5 Å². The van der Waals surface area contributed by atoms with Crippen molar-refractivity contribution < 1.29 is 48.3 Å². The van der Waals surface area contributed by atoms with Crippen LogP contribution in [0.3, 0.4) is 0 Å². The first kappa shape index (κ1) is 62.7. The zero-order chi connectivity index (χ0) is 62.8. The number of nitrogens with one attached hydrogen (secondary N) is 7. The van der Waals surface area contributed by atoms with Crippen molar-refractivity contribution in [3.05, 3.63) is 123 Å². The highest BCUT2D eigenvalue weighted by Crippen LogP contribution is 2.41. The number of nitrogens with zero attached hydrogens (tertiary/aromatic N) is 8. The molecule has 3 fully saturated rings. The zero-order valence-electron chi connectivity index (χ0n) is 47.6. The predicted octanol–water partition coefficient (Wildman–Crippen LogP) is 6.00. The fourth-order valence-corrected chi connectivity index (χ4v) is 13.5. The number of hydrogen-bond acceptors (Lipinski definition) is 19. The molecule has 28 nitrogen and oxygen atoms in total. The minimum atomic E-state index is -1.63. The van der Waals surface area contributed by atoms with Crippen LogP contribution in [0.1, 0.15) is 123 Å². The van der Waals surface area contributed by atoms with E-state index in [9.17, 15) is 43.2 Å². The molecule has 3 saturated heterocycles. The van der Waals surface area contributed by atoms with Gasteiger partial charge in [-0.1, -0.05) is 20.8 Å². The topological polar surface area (TPSA) is 431 Å². The van der Waals surface area contributed by atoms with E-state index in [1.807, 2.05) is 35.0 Å². The molecular weight excluding hydrogens is 1190 g/mol. The molecule has 9 aromatic heterocycles. The lowest BCUT2D eigenvalue weighted by Gasteiger charge is -2.37. The van der Waals surface area contributed by atoms with Crippen LogP contribution in [0.2, 0.25) is 0 Å². The standard InChI is InChI=1S/2C19H20N6O3S.C11H15N3S.C8H7N3O4/c2*1-10-2-3-14(15-5-13-16(29-15)8-22-24-13)25(9-10)19(28)18(27)23-12-4-11(17(20)26)6-21-7-12;1-7-2-3-8(12-5-7)10-4-9-11(15-10)6-13-14-9;9-6(12)4-1-5(3-10-2-4)11-7(13)8(14)15/h2*4-8,10,14H,2-3,9H2,1H3,(H2,20,26)(H,22,24)(H,23,27);4,6-8,12H,2-3,5H2,1H3,(H,13,14);1-3H,(H2,9,12)(H,11,13)(H,14,15)/t2*10-,14+;7-,8+;/m100./s1. The van der Waals surface area contributed by atoms with Gasteiger partial charge in [0.1, 0.15) is 0 Å². The summed E-state index contributed by atoms with van der Waals surface area (Å²) in [4.78, 5) is 124. The Morgan fingerprint density at radius 2 is 0.841 bits per heavy atom. The lowest BCUT2D eigenvalue weighted by molar-refractivity contribution is -0.147. The van der Waals surface area contributed by atoms with E-state index in [1.54, 1.807) is 44.9 Å². The first-order valence-corrected chi connectivity index (χ1v) is 30.2. The number of fused-ring (bicyclic) bond motifs is 3. The Hall–Kier alpha value is -9.85.